The molecule has 0 spiro atoms. The molecule has 420 valence electrons. The zero-order valence-electron chi connectivity index (χ0n) is 46.8. The molecule has 0 bridgehead atoms. The number of ketones is 1. The summed E-state index contributed by atoms with van der Waals surface area (Å²) >= 11 is 0. The number of hydrogen-bond donors (Lipinski definition) is 4. The highest BCUT2D eigenvalue weighted by Gasteiger charge is 2.54. The van der Waals surface area contributed by atoms with Crippen LogP contribution in [0.1, 0.15) is 125 Å². The normalized spacial score (nSPS) is 37.6. The Bertz CT molecular complexity index is 2400. The van der Waals surface area contributed by atoms with E-state index >= 15 is 0 Å². The number of carbonyl (C=O) groups excluding carboxylic acids is 2. The molecule has 75 heavy (non-hydrogen) atoms. The van der Waals surface area contributed by atoms with Gasteiger partial charge in [-0.05, 0) is 117 Å². The van der Waals surface area contributed by atoms with Crippen molar-refractivity contribution in [3.8, 4) is 5.69 Å². The van der Waals surface area contributed by atoms with E-state index in [1.165, 1.54) is 26.7 Å². The summed E-state index contributed by atoms with van der Waals surface area (Å²) in [6.07, 6.45) is -3.28. The molecule has 19 nitrogen and oxygen atoms in total. The highest BCUT2D eigenvalue weighted by molar-refractivity contribution is 5.83. The fourth-order valence-electron chi connectivity index (χ4n) is 11.6. The van der Waals surface area contributed by atoms with Crippen molar-refractivity contribution in [2.45, 2.75) is 218 Å². The summed E-state index contributed by atoms with van der Waals surface area (Å²) in [6.45, 7) is 20.0. The van der Waals surface area contributed by atoms with Crippen LogP contribution in [-0.4, -0.2) is 162 Å². The number of nitrogens with zero attached hydrogens (tertiary/aromatic N) is 5. The molecule has 18 atom stereocenters. The molecule has 0 aliphatic carbocycles. The number of aromatic nitrogens is 4. The standard InChI is InChI=1S/C56H87N5O14/c1-15-43-56(11,68)49(65)35(5)46(63)33(3)27-55(10,70-14)51(36(6)48(37(7)52(67)73-43)74-45-28-54(9,69-13)50(66)38(8)72-45)75-53-47(64)42(26-34(4)71-53)59(12)30-40-31-60(58-57-40)25-17-16-18-39-20-22-41(23-21-39)61-29-32(2)19-24-44(61)62/h19-24,29,31,33-38,42-43,45,47-51,53,64-66,68H,15-18,25-28,30H2,1-14H3/t33-,34-,35+,36+,37-,38+,42+,43?,45?,47-,48-,49-,50+,51-,53?,54-,55+,56-/m1/s1. The van der Waals surface area contributed by atoms with Gasteiger partial charge < -0.3 is 53.6 Å². The van der Waals surface area contributed by atoms with E-state index in [9.17, 15) is 34.8 Å². The maximum absolute atomic E-state index is 14.5. The summed E-state index contributed by atoms with van der Waals surface area (Å²) in [5, 5.41) is 55.8. The molecule has 19 heteroatoms. The highest BCUT2D eigenvalue weighted by atomic mass is 16.7. The number of aliphatic hydroxyl groups is 4. The van der Waals surface area contributed by atoms with E-state index in [0.717, 1.165) is 36.2 Å². The van der Waals surface area contributed by atoms with Crippen molar-refractivity contribution in [3.63, 3.8) is 0 Å². The molecule has 1 aromatic carbocycles. The maximum Gasteiger partial charge on any atom is 0.311 e. The number of cyclic esters (lactones) is 1. The average molecular weight is 1050 g/mol. The number of hydrogen-bond acceptors (Lipinski definition) is 17. The minimum atomic E-state index is -2.01. The van der Waals surface area contributed by atoms with Crippen molar-refractivity contribution < 1.29 is 63.2 Å². The summed E-state index contributed by atoms with van der Waals surface area (Å²) in [7, 11) is 4.91. The van der Waals surface area contributed by atoms with E-state index < -0.39 is 108 Å². The van der Waals surface area contributed by atoms with Gasteiger partial charge in [0.25, 0.3) is 5.56 Å². The molecule has 6 rings (SSSR count). The first-order valence-electron chi connectivity index (χ1n) is 26.9. The molecule has 5 heterocycles. The van der Waals surface area contributed by atoms with Crippen LogP contribution in [-0.2, 0) is 62.3 Å². The highest BCUT2D eigenvalue weighted by Crippen LogP contribution is 2.42. The minimum absolute atomic E-state index is 0.0621. The van der Waals surface area contributed by atoms with Crippen LogP contribution in [0.25, 0.3) is 5.69 Å². The SMILES string of the molecule is CCC1OC(=O)[C@H](C)[C@H](OC2C[C@@](C)(OC)[C@@H](O)[C@H](C)O2)[C@H](C)[C@@H](OC2O[C@H](C)C[C@H](N(C)Cc3cn(CCCCc4ccc(-n5cc(C)ccc5=O)cc4)nn3)[C@H]2O)[C@@](C)(OC)C[C@@H](C)C(=O)[C@H](C)[C@@H](O)[C@]1(C)O. The summed E-state index contributed by atoms with van der Waals surface area (Å²) in [6, 6.07) is 11.0. The Balaban J connectivity index is 1.22. The molecule has 0 saturated carbocycles. The van der Waals surface area contributed by atoms with Crippen LogP contribution >= 0.6 is 0 Å². The van der Waals surface area contributed by atoms with Gasteiger partial charge in [0.15, 0.2) is 12.6 Å². The molecule has 3 unspecified atom stereocenters. The Morgan fingerprint density at radius 2 is 1.52 bits per heavy atom. The summed E-state index contributed by atoms with van der Waals surface area (Å²) < 4.78 is 48.3. The molecule has 3 aromatic rings. The third-order valence-corrected chi connectivity index (χ3v) is 16.5. The summed E-state index contributed by atoms with van der Waals surface area (Å²) in [5.41, 5.74) is -0.742. The van der Waals surface area contributed by atoms with Gasteiger partial charge in [0.1, 0.15) is 29.7 Å². The number of aryl methyl sites for hydroxylation is 3. The molecule has 3 fully saturated rings. The molecular weight excluding hydrogens is 967 g/mol. The van der Waals surface area contributed by atoms with Crippen LogP contribution in [0.3, 0.4) is 0 Å². The lowest BCUT2D eigenvalue weighted by atomic mass is 9.74. The van der Waals surface area contributed by atoms with E-state index in [1.807, 2.05) is 68.0 Å². The Morgan fingerprint density at radius 3 is 2.17 bits per heavy atom. The van der Waals surface area contributed by atoms with Crippen molar-refractivity contribution >= 4 is 11.8 Å². The Hall–Kier alpha value is -3.99. The molecule has 3 saturated heterocycles. The van der Waals surface area contributed by atoms with E-state index in [1.54, 1.807) is 59.1 Å². The number of methoxy groups -OCH3 is 2. The zero-order valence-corrected chi connectivity index (χ0v) is 46.8. The van der Waals surface area contributed by atoms with Crippen LogP contribution in [0.15, 0.2) is 53.6 Å². The first-order valence-corrected chi connectivity index (χ1v) is 26.9. The third-order valence-electron chi connectivity index (χ3n) is 16.5. The smallest absolute Gasteiger partial charge is 0.311 e. The van der Waals surface area contributed by atoms with Crippen molar-refractivity contribution in [3.05, 3.63) is 76.0 Å². The molecule has 3 aliphatic rings. The second-order valence-electron chi connectivity index (χ2n) is 22.6. The van der Waals surface area contributed by atoms with Gasteiger partial charge in [-0.1, -0.05) is 51.1 Å². The number of aliphatic hydroxyl groups excluding tert-OH is 3. The predicted molar refractivity (Wildman–Crippen MR) is 279 cm³/mol. The first-order chi connectivity index (χ1) is 35.3. The second-order valence-corrected chi connectivity index (χ2v) is 22.6. The van der Waals surface area contributed by atoms with Gasteiger partial charge >= 0.3 is 5.97 Å². The second kappa shape index (κ2) is 25.2. The largest absolute Gasteiger partial charge is 0.459 e. The fourth-order valence-corrected chi connectivity index (χ4v) is 11.6. The van der Waals surface area contributed by atoms with Crippen molar-refractivity contribution in [2.24, 2.45) is 23.7 Å². The predicted octanol–water partition coefficient (Wildman–Crippen LogP) is 5.08. The average Bonchev–Trinajstić information content (AvgIpc) is 3.83. The molecule has 4 N–H and O–H groups in total. The van der Waals surface area contributed by atoms with Crippen LogP contribution in [0.5, 0.6) is 0 Å². The topological polar surface area (TPSA) is 236 Å². The number of ether oxygens (including phenoxy) is 7. The quantitative estimate of drug-likeness (QED) is 0.108. The van der Waals surface area contributed by atoms with Crippen LogP contribution < -0.4 is 5.56 Å². The minimum Gasteiger partial charge on any atom is -0.459 e. The summed E-state index contributed by atoms with van der Waals surface area (Å²) in [5.74, 6) is -4.75. The lowest BCUT2D eigenvalue weighted by molar-refractivity contribution is -0.319. The summed E-state index contributed by atoms with van der Waals surface area (Å²) in [4.78, 5) is 43.2. The van der Waals surface area contributed by atoms with Crippen LogP contribution in [0, 0.1) is 30.6 Å². The molecular formula is C56H87N5O14. The van der Waals surface area contributed by atoms with Gasteiger partial charge in [-0.3, -0.25) is 28.5 Å². The lowest BCUT2D eigenvalue weighted by Crippen LogP contribution is -2.61. The number of carbonyl (C=O) groups is 2. The Kier molecular flexibility index (Phi) is 20.2. The van der Waals surface area contributed by atoms with Gasteiger partial charge in [0, 0.05) is 81.7 Å². The van der Waals surface area contributed by atoms with Gasteiger partial charge in [0.05, 0.1) is 53.3 Å². The van der Waals surface area contributed by atoms with Crippen molar-refractivity contribution in [1.29, 1.82) is 0 Å². The fraction of sp³-hybridized carbons (Fsp3) is 0.732. The number of benzene rings is 1. The molecule has 0 amide bonds. The van der Waals surface area contributed by atoms with E-state index in [4.69, 9.17) is 33.2 Å². The Labute approximate surface area is 443 Å². The number of Topliss-reactive ketones (excluding diaryl/α,β-unsaturated/α-hetero) is 1. The zero-order chi connectivity index (χ0) is 55.3. The number of pyridine rings is 1. The van der Waals surface area contributed by atoms with Crippen LogP contribution in [0.4, 0.5) is 0 Å². The molecule has 2 aromatic heterocycles. The maximum atomic E-state index is 14.5. The van der Waals surface area contributed by atoms with Crippen molar-refractivity contribution in [2.75, 3.05) is 21.3 Å². The number of likely N-dealkylation sites (N-methyl/N-ethyl adjacent to an activating group) is 1. The van der Waals surface area contributed by atoms with E-state index in [2.05, 4.69) is 22.4 Å². The number of esters is 1. The van der Waals surface area contributed by atoms with E-state index in [-0.39, 0.29) is 36.7 Å². The van der Waals surface area contributed by atoms with Gasteiger partial charge in [-0.25, -0.2) is 0 Å². The third kappa shape index (κ3) is 13.8. The number of rotatable bonds is 16. The van der Waals surface area contributed by atoms with Gasteiger partial charge in [0.2, 0.25) is 0 Å². The van der Waals surface area contributed by atoms with E-state index in [0.29, 0.717) is 19.5 Å². The van der Waals surface area contributed by atoms with Gasteiger partial charge in [-0.2, -0.15) is 0 Å². The van der Waals surface area contributed by atoms with Gasteiger partial charge in [-0.15, -0.1) is 5.10 Å². The van der Waals surface area contributed by atoms with Crippen LogP contribution in [0.2, 0.25) is 0 Å². The molecule has 0 radical (unpaired) electrons. The monoisotopic (exact) mass is 1050 g/mol. The number of unbranched alkanes of at least 4 members (excludes halogenated alkanes) is 1. The molecule has 3 aliphatic heterocycles. The lowest BCUT2D eigenvalue weighted by Gasteiger charge is -2.50. The van der Waals surface area contributed by atoms with Crippen molar-refractivity contribution in [1.82, 2.24) is 24.5 Å². The first kappa shape index (κ1) is 60.2. The Morgan fingerprint density at radius 1 is 0.840 bits per heavy atom.